The van der Waals surface area contributed by atoms with E-state index < -0.39 is 19.1 Å². The summed E-state index contributed by atoms with van der Waals surface area (Å²) in [6, 6.07) is 11.6. The van der Waals surface area contributed by atoms with Gasteiger partial charge in [0, 0.05) is 23.3 Å². The van der Waals surface area contributed by atoms with Crippen molar-refractivity contribution in [3.8, 4) is 5.75 Å². The van der Waals surface area contributed by atoms with Crippen LogP contribution in [0.25, 0.3) is 0 Å². The highest BCUT2D eigenvalue weighted by molar-refractivity contribution is 6.31. The number of ether oxygens (including phenoxy) is 1. The lowest BCUT2D eigenvalue weighted by atomic mass is 10.2. The Labute approximate surface area is 143 Å². The zero-order chi connectivity index (χ0) is 17.5. The summed E-state index contributed by atoms with van der Waals surface area (Å²) in [5, 5.41) is 5.87. The normalized spacial score (nSPS) is 10.5. The number of carbonyl (C=O) groups excluding carboxylic acids is 1. The van der Waals surface area contributed by atoms with Crippen molar-refractivity contribution in [2.24, 2.45) is 0 Å². The van der Waals surface area contributed by atoms with E-state index in [0.29, 0.717) is 22.0 Å². The highest BCUT2D eigenvalue weighted by atomic mass is 35.5. The van der Waals surface area contributed by atoms with E-state index in [1.807, 2.05) is 12.1 Å². The Hall–Kier alpha value is -2.34. The van der Waals surface area contributed by atoms with Gasteiger partial charge in [-0.3, -0.25) is 0 Å². The Morgan fingerprint density at radius 1 is 1.25 bits per heavy atom. The van der Waals surface area contributed by atoms with E-state index >= 15 is 0 Å². The second-order valence-corrected chi connectivity index (χ2v) is 5.49. The van der Waals surface area contributed by atoms with Crippen molar-refractivity contribution < 1.29 is 18.3 Å². The minimum Gasteiger partial charge on any atom is -0.487 e. The third-order valence-electron chi connectivity index (χ3n) is 3.21. The minimum absolute atomic E-state index is 0.270. The van der Waals surface area contributed by atoms with E-state index in [9.17, 15) is 13.6 Å². The first kappa shape index (κ1) is 18.0. The zero-order valence-electron chi connectivity index (χ0n) is 13.0. The summed E-state index contributed by atoms with van der Waals surface area (Å²) >= 11 is 6.02. The lowest BCUT2D eigenvalue weighted by Crippen LogP contribution is -2.28. The maximum absolute atomic E-state index is 12.2. The summed E-state index contributed by atoms with van der Waals surface area (Å²) in [6.45, 7) is 1.32. The molecule has 0 atom stereocenters. The number of amides is 2. The summed E-state index contributed by atoms with van der Waals surface area (Å²) in [6.07, 6.45) is -2.56. The van der Waals surface area contributed by atoms with Crippen molar-refractivity contribution in [3.05, 3.63) is 58.6 Å². The van der Waals surface area contributed by atoms with Gasteiger partial charge in [0.05, 0.1) is 0 Å². The fourth-order valence-corrected chi connectivity index (χ4v) is 2.18. The summed E-state index contributed by atoms with van der Waals surface area (Å²) in [4.78, 5) is 11.9. The predicted octanol–water partition coefficient (Wildman–Crippen LogP) is 4.61. The van der Waals surface area contributed by atoms with E-state index in [2.05, 4.69) is 10.6 Å². The van der Waals surface area contributed by atoms with Gasteiger partial charge in [0.15, 0.2) is 0 Å². The molecule has 0 saturated heterocycles. The van der Waals surface area contributed by atoms with Crippen LogP contribution >= 0.6 is 11.6 Å². The van der Waals surface area contributed by atoms with Gasteiger partial charge < -0.3 is 15.4 Å². The van der Waals surface area contributed by atoms with Crippen LogP contribution in [0.3, 0.4) is 0 Å². The SMILES string of the molecule is Cc1ccc(NC(=O)NCc2ccccc2Cl)cc1OCC(F)F. The van der Waals surface area contributed by atoms with Gasteiger partial charge in [0.1, 0.15) is 12.4 Å². The van der Waals surface area contributed by atoms with Crippen LogP contribution in [-0.2, 0) is 6.54 Å². The monoisotopic (exact) mass is 354 g/mol. The molecule has 0 heterocycles. The largest absolute Gasteiger partial charge is 0.487 e. The number of hydrogen-bond acceptors (Lipinski definition) is 2. The highest BCUT2D eigenvalue weighted by Crippen LogP contribution is 2.23. The maximum atomic E-state index is 12.2. The molecule has 2 N–H and O–H groups in total. The van der Waals surface area contributed by atoms with E-state index in [1.165, 1.54) is 6.07 Å². The number of aryl methyl sites for hydroxylation is 1. The van der Waals surface area contributed by atoms with Crippen LogP contribution in [0, 0.1) is 6.92 Å². The number of alkyl halides is 2. The van der Waals surface area contributed by atoms with E-state index in [4.69, 9.17) is 16.3 Å². The first-order chi connectivity index (χ1) is 11.5. The Morgan fingerprint density at radius 3 is 2.71 bits per heavy atom. The fourth-order valence-electron chi connectivity index (χ4n) is 1.98. The number of anilines is 1. The number of halogens is 3. The molecule has 7 heteroatoms. The summed E-state index contributed by atoms with van der Waals surface area (Å²) in [5.74, 6) is 0.305. The quantitative estimate of drug-likeness (QED) is 0.795. The van der Waals surface area contributed by atoms with E-state index in [1.54, 1.807) is 31.2 Å². The fraction of sp³-hybridized carbons (Fsp3) is 0.235. The van der Waals surface area contributed by atoms with Gasteiger partial charge >= 0.3 is 6.03 Å². The molecule has 4 nitrogen and oxygen atoms in total. The van der Waals surface area contributed by atoms with Crippen LogP contribution in [0.15, 0.2) is 42.5 Å². The number of carbonyl (C=O) groups is 1. The maximum Gasteiger partial charge on any atom is 0.319 e. The molecule has 0 bridgehead atoms. The van der Waals surface area contributed by atoms with Gasteiger partial charge in [-0.25, -0.2) is 13.6 Å². The molecule has 0 aliphatic heterocycles. The molecule has 0 radical (unpaired) electrons. The number of nitrogens with one attached hydrogen (secondary N) is 2. The van der Waals surface area contributed by atoms with Crippen molar-refractivity contribution in [1.82, 2.24) is 5.32 Å². The first-order valence-electron chi connectivity index (χ1n) is 7.25. The number of urea groups is 1. The Bertz CT molecular complexity index is 711. The van der Waals surface area contributed by atoms with Crippen molar-refractivity contribution in [2.45, 2.75) is 19.9 Å². The van der Waals surface area contributed by atoms with Crippen LogP contribution in [0.1, 0.15) is 11.1 Å². The molecule has 2 aromatic carbocycles. The van der Waals surface area contributed by atoms with Gasteiger partial charge in [0.2, 0.25) is 0 Å². The second kappa shape index (κ2) is 8.49. The van der Waals surface area contributed by atoms with Crippen LogP contribution in [0.4, 0.5) is 19.3 Å². The predicted molar refractivity (Wildman–Crippen MR) is 90.0 cm³/mol. The molecule has 0 aliphatic carbocycles. The highest BCUT2D eigenvalue weighted by Gasteiger charge is 2.09. The van der Waals surface area contributed by atoms with Gasteiger partial charge in [-0.05, 0) is 30.2 Å². The number of benzene rings is 2. The Balaban J connectivity index is 1.94. The minimum atomic E-state index is -2.56. The molecule has 0 spiro atoms. The number of hydrogen-bond donors (Lipinski definition) is 2. The molecule has 2 rings (SSSR count). The van der Waals surface area contributed by atoms with Gasteiger partial charge in [-0.1, -0.05) is 35.9 Å². The molecule has 0 aliphatic rings. The van der Waals surface area contributed by atoms with Crippen molar-refractivity contribution in [1.29, 1.82) is 0 Å². The van der Waals surface area contributed by atoms with Crippen molar-refractivity contribution in [3.63, 3.8) is 0 Å². The second-order valence-electron chi connectivity index (χ2n) is 5.08. The molecule has 0 saturated carbocycles. The Morgan fingerprint density at radius 2 is 2.00 bits per heavy atom. The molecular weight excluding hydrogens is 338 g/mol. The van der Waals surface area contributed by atoms with Gasteiger partial charge in [-0.2, -0.15) is 0 Å². The molecule has 0 aromatic heterocycles. The first-order valence-corrected chi connectivity index (χ1v) is 7.63. The van der Waals surface area contributed by atoms with Crippen LogP contribution in [0.2, 0.25) is 5.02 Å². The summed E-state index contributed by atoms with van der Waals surface area (Å²) in [7, 11) is 0. The van der Waals surface area contributed by atoms with Gasteiger partial charge in [0.25, 0.3) is 6.43 Å². The van der Waals surface area contributed by atoms with Crippen LogP contribution in [-0.4, -0.2) is 19.1 Å². The van der Waals surface area contributed by atoms with Gasteiger partial charge in [-0.15, -0.1) is 0 Å². The average molecular weight is 355 g/mol. The molecule has 0 fully saturated rings. The standard InChI is InChI=1S/C17H17ClF2N2O2/c1-11-6-7-13(8-15(11)24-10-16(19)20)22-17(23)21-9-12-4-2-3-5-14(12)18/h2-8,16H,9-10H2,1H3,(H2,21,22,23). The van der Waals surface area contributed by atoms with Crippen LogP contribution < -0.4 is 15.4 Å². The Kier molecular flexibility index (Phi) is 6.37. The van der Waals surface area contributed by atoms with E-state index in [-0.39, 0.29) is 6.54 Å². The third-order valence-corrected chi connectivity index (χ3v) is 3.58. The molecule has 0 unspecified atom stereocenters. The lowest BCUT2D eigenvalue weighted by molar-refractivity contribution is 0.0816. The molecule has 2 aromatic rings. The van der Waals surface area contributed by atoms with Crippen molar-refractivity contribution in [2.75, 3.05) is 11.9 Å². The van der Waals surface area contributed by atoms with E-state index in [0.717, 1.165) is 5.56 Å². The smallest absolute Gasteiger partial charge is 0.319 e. The topological polar surface area (TPSA) is 50.4 Å². The number of rotatable bonds is 6. The zero-order valence-corrected chi connectivity index (χ0v) is 13.7. The summed E-state index contributed by atoms with van der Waals surface area (Å²) < 4.78 is 29.5. The van der Waals surface area contributed by atoms with Crippen LogP contribution in [0.5, 0.6) is 5.75 Å². The summed E-state index contributed by atoms with van der Waals surface area (Å²) in [5.41, 5.74) is 1.94. The molecule has 2 amide bonds. The molecule has 128 valence electrons. The third kappa shape index (κ3) is 5.38. The van der Waals surface area contributed by atoms with Crippen molar-refractivity contribution >= 4 is 23.3 Å². The molecule has 24 heavy (non-hydrogen) atoms. The average Bonchev–Trinajstić information content (AvgIpc) is 2.54. The molecular formula is C17H17ClF2N2O2. The lowest BCUT2D eigenvalue weighted by Gasteiger charge is -2.12.